The van der Waals surface area contributed by atoms with Crippen molar-refractivity contribution >= 4 is 22.8 Å². The smallest absolute Gasteiger partial charge is 0.225 e. The molecule has 0 saturated carbocycles. The summed E-state index contributed by atoms with van der Waals surface area (Å²) in [7, 11) is 0. The number of rotatable bonds is 6. The lowest BCUT2D eigenvalue weighted by atomic mass is 9.82. The van der Waals surface area contributed by atoms with E-state index in [1.54, 1.807) is 13.1 Å². The Balaban J connectivity index is 1.39. The van der Waals surface area contributed by atoms with Gasteiger partial charge in [0.1, 0.15) is 5.78 Å². The van der Waals surface area contributed by atoms with E-state index in [1.165, 1.54) is 0 Å². The average Bonchev–Trinajstić information content (AvgIpc) is 2.77. The third-order valence-electron chi connectivity index (χ3n) is 6.17. The first-order chi connectivity index (χ1) is 14.8. The van der Waals surface area contributed by atoms with Gasteiger partial charge in [0.25, 0.3) is 0 Å². The number of nitrogens with zero attached hydrogens (tertiary/aromatic N) is 6. The molecule has 7 heteroatoms. The number of anilines is 1. The first-order valence-corrected chi connectivity index (χ1v) is 10.9. The van der Waals surface area contributed by atoms with Crippen molar-refractivity contribution in [1.29, 1.82) is 0 Å². The van der Waals surface area contributed by atoms with Crippen LogP contribution in [0.2, 0.25) is 0 Å². The third kappa shape index (κ3) is 4.71. The van der Waals surface area contributed by atoms with Crippen LogP contribution < -0.4 is 4.90 Å². The molecular weight excluding hydrogens is 388 g/mol. The lowest BCUT2D eigenvalue weighted by molar-refractivity contribution is -0.118. The summed E-state index contributed by atoms with van der Waals surface area (Å²) in [6, 6.07) is 8.40. The maximum Gasteiger partial charge on any atom is 0.225 e. The third-order valence-corrected chi connectivity index (χ3v) is 6.17. The van der Waals surface area contributed by atoms with Gasteiger partial charge in [-0.15, -0.1) is 0 Å². The van der Waals surface area contributed by atoms with Gasteiger partial charge in [-0.25, -0.2) is 19.9 Å². The van der Waals surface area contributed by atoms with Crippen LogP contribution in [0, 0.1) is 0 Å². The van der Waals surface area contributed by atoms with Crippen molar-refractivity contribution in [1.82, 2.24) is 24.8 Å². The van der Waals surface area contributed by atoms with Gasteiger partial charge in [0, 0.05) is 62.6 Å². The molecule has 1 unspecified atom stereocenters. The first kappa shape index (κ1) is 21.3. The van der Waals surface area contributed by atoms with E-state index < -0.39 is 0 Å². The Hall–Kier alpha value is -2.93. The molecule has 1 atom stereocenters. The summed E-state index contributed by atoms with van der Waals surface area (Å²) in [5.74, 6) is 0.929. The molecule has 0 aliphatic carbocycles. The highest BCUT2D eigenvalue weighted by molar-refractivity contribution is 5.77. The minimum Gasteiger partial charge on any atom is -0.338 e. The monoisotopic (exact) mass is 418 g/mol. The van der Waals surface area contributed by atoms with Crippen LogP contribution in [-0.2, 0) is 10.2 Å². The van der Waals surface area contributed by atoms with E-state index in [4.69, 9.17) is 4.98 Å². The Morgan fingerprint density at radius 1 is 1.06 bits per heavy atom. The average molecular weight is 419 g/mol. The van der Waals surface area contributed by atoms with Gasteiger partial charge >= 0.3 is 0 Å². The minimum atomic E-state index is -0.250. The summed E-state index contributed by atoms with van der Waals surface area (Å²) in [5, 5.41) is 1.07. The highest BCUT2D eigenvalue weighted by atomic mass is 16.1. The van der Waals surface area contributed by atoms with E-state index >= 15 is 0 Å². The predicted octanol–water partition coefficient (Wildman–Crippen LogP) is 3.56. The zero-order valence-electron chi connectivity index (χ0n) is 18.7. The number of carbonyl (C=O) groups is 1. The predicted molar refractivity (Wildman–Crippen MR) is 122 cm³/mol. The van der Waals surface area contributed by atoms with Crippen molar-refractivity contribution in [2.45, 2.75) is 45.6 Å². The van der Waals surface area contributed by atoms with Crippen LogP contribution >= 0.6 is 0 Å². The molecule has 0 N–H and O–H groups in total. The van der Waals surface area contributed by atoms with Crippen LogP contribution in [0.4, 0.5) is 5.95 Å². The van der Waals surface area contributed by atoms with E-state index in [2.05, 4.69) is 57.7 Å². The first-order valence-electron chi connectivity index (χ1n) is 10.9. The molecule has 1 aliphatic rings. The molecule has 0 bridgehead atoms. The normalized spacial score (nSPS) is 16.5. The van der Waals surface area contributed by atoms with Crippen LogP contribution in [0.3, 0.4) is 0 Å². The SMILES string of the molecule is CC(=O)CC(C)(C)c1cnc(N2CCN(C(C)c3ccc4cccnc4n3)CC2)nc1. The van der Waals surface area contributed by atoms with E-state index in [1.807, 2.05) is 24.5 Å². The quantitative estimate of drug-likeness (QED) is 0.606. The Bertz CT molecular complexity index is 1060. The summed E-state index contributed by atoms with van der Waals surface area (Å²) < 4.78 is 0. The number of hydrogen-bond donors (Lipinski definition) is 0. The molecule has 4 heterocycles. The van der Waals surface area contributed by atoms with Crippen molar-refractivity contribution in [3.8, 4) is 0 Å². The second-order valence-electron chi connectivity index (χ2n) is 9.02. The zero-order chi connectivity index (χ0) is 22.0. The maximum atomic E-state index is 11.5. The lowest BCUT2D eigenvalue weighted by Crippen LogP contribution is -2.47. The topological polar surface area (TPSA) is 75.1 Å². The molecule has 4 rings (SSSR count). The number of fused-ring (bicyclic) bond motifs is 1. The highest BCUT2D eigenvalue weighted by Gasteiger charge is 2.26. The number of carbonyl (C=O) groups excluding carboxylic acids is 1. The molecule has 3 aromatic heterocycles. The lowest BCUT2D eigenvalue weighted by Gasteiger charge is -2.38. The molecule has 0 radical (unpaired) electrons. The fourth-order valence-electron chi connectivity index (χ4n) is 4.26. The van der Waals surface area contributed by atoms with Gasteiger partial charge in [-0.05, 0) is 49.1 Å². The molecule has 1 aliphatic heterocycles. The van der Waals surface area contributed by atoms with Crippen molar-refractivity contribution in [3.05, 3.63) is 54.1 Å². The second-order valence-corrected chi connectivity index (χ2v) is 9.02. The Kier molecular flexibility index (Phi) is 5.96. The molecule has 0 spiro atoms. The summed E-state index contributed by atoms with van der Waals surface area (Å²) in [5.41, 5.74) is 2.59. The number of piperazine rings is 1. The van der Waals surface area contributed by atoms with E-state index in [-0.39, 0.29) is 17.2 Å². The number of aromatic nitrogens is 4. The molecular formula is C24H30N6O. The van der Waals surface area contributed by atoms with Gasteiger partial charge < -0.3 is 4.90 Å². The molecule has 3 aromatic rings. The van der Waals surface area contributed by atoms with Crippen molar-refractivity contribution in [2.24, 2.45) is 0 Å². The largest absolute Gasteiger partial charge is 0.338 e. The van der Waals surface area contributed by atoms with E-state index in [0.29, 0.717) is 6.42 Å². The fourth-order valence-corrected chi connectivity index (χ4v) is 4.26. The standard InChI is InChI=1S/C24H30N6O/c1-17(31)14-24(3,4)20-15-26-23(27-16-20)30-12-10-29(11-13-30)18(2)21-8-7-19-6-5-9-25-22(19)28-21/h5-9,15-16,18H,10-14H2,1-4H3. The van der Waals surface area contributed by atoms with Crippen molar-refractivity contribution < 1.29 is 4.79 Å². The van der Waals surface area contributed by atoms with E-state index in [9.17, 15) is 4.79 Å². The molecule has 0 aromatic carbocycles. The summed E-state index contributed by atoms with van der Waals surface area (Å²) in [6.45, 7) is 11.5. The zero-order valence-corrected chi connectivity index (χ0v) is 18.7. The van der Waals surface area contributed by atoms with E-state index in [0.717, 1.165) is 54.4 Å². The van der Waals surface area contributed by atoms with Crippen LogP contribution in [0.5, 0.6) is 0 Å². The molecule has 1 fully saturated rings. The van der Waals surface area contributed by atoms with Gasteiger partial charge in [0.05, 0.1) is 5.69 Å². The Labute approximate surface area is 183 Å². The van der Waals surface area contributed by atoms with Gasteiger partial charge in [0.15, 0.2) is 5.65 Å². The minimum absolute atomic E-state index is 0.177. The van der Waals surface area contributed by atoms with Gasteiger partial charge in [-0.1, -0.05) is 13.8 Å². The number of Topliss-reactive ketones (excluding diaryl/α,β-unsaturated/α-hetero) is 1. The second kappa shape index (κ2) is 8.67. The summed E-state index contributed by atoms with van der Waals surface area (Å²) >= 11 is 0. The molecule has 162 valence electrons. The summed E-state index contributed by atoms with van der Waals surface area (Å²) in [4.78, 5) is 34.6. The van der Waals surface area contributed by atoms with Crippen LogP contribution in [0.1, 0.15) is 51.4 Å². The molecule has 0 amide bonds. The van der Waals surface area contributed by atoms with Gasteiger partial charge in [-0.2, -0.15) is 0 Å². The number of ketones is 1. The van der Waals surface area contributed by atoms with Gasteiger partial charge in [-0.3, -0.25) is 9.69 Å². The molecule has 1 saturated heterocycles. The van der Waals surface area contributed by atoms with Crippen LogP contribution in [-0.4, -0.2) is 56.8 Å². The molecule has 7 nitrogen and oxygen atoms in total. The van der Waals surface area contributed by atoms with Gasteiger partial charge in [0.2, 0.25) is 5.95 Å². The fraction of sp³-hybridized carbons (Fsp3) is 0.458. The van der Waals surface area contributed by atoms with Crippen LogP contribution in [0.15, 0.2) is 42.9 Å². The van der Waals surface area contributed by atoms with Crippen molar-refractivity contribution in [3.63, 3.8) is 0 Å². The molecule has 31 heavy (non-hydrogen) atoms. The maximum absolute atomic E-state index is 11.5. The highest BCUT2D eigenvalue weighted by Crippen LogP contribution is 2.27. The van der Waals surface area contributed by atoms with Crippen molar-refractivity contribution in [2.75, 3.05) is 31.1 Å². The summed E-state index contributed by atoms with van der Waals surface area (Å²) in [6.07, 6.45) is 6.01. The Morgan fingerprint density at radius 3 is 2.45 bits per heavy atom. The number of pyridine rings is 2. The van der Waals surface area contributed by atoms with Crippen LogP contribution in [0.25, 0.3) is 11.0 Å². The number of hydrogen-bond acceptors (Lipinski definition) is 7. The Morgan fingerprint density at radius 2 is 1.77 bits per heavy atom.